The average molecular weight is 379 g/mol. The maximum Gasteiger partial charge on any atom is 0.220 e. The summed E-state index contributed by atoms with van der Waals surface area (Å²) in [4.78, 5) is 15.3. The lowest BCUT2D eigenvalue weighted by Gasteiger charge is -2.13. The van der Waals surface area contributed by atoms with Crippen molar-refractivity contribution in [2.24, 2.45) is 0 Å². The first kappa shape index (κ1) is 17.9. The number of nitrogens with one attached hydrogen (secondary N) is 2. The number of ether oxygens (including phenoxy) is 1. The van der Waals surface area contributed by atoms with Crippen LogP contribution in [0.25, 0.3) is 11.0 Å². The first-order chi connectivity index (χ1) is 13.5. The van der Waals surface area contributed by atoms with Crippen LogP contribution in [-0.4, -0.2) is 32.2 Å². The summed E-state index contributed by atoms with van der Waals surface area (Å²) in [5, 5.41) is 14.4. The number of aromatic amines is 1. The van der Waals surface area contributed by atoms with E-state index in [9.17, 15) is 9.50 Å². The number of halogens is 1. The molecule has 4 heterocycles. The number of H-pyrrole nitrogens is 1. The number of aromatic nitrogens is 4. The number of fused-ring (bicyclic) bond motifs is 1. The van der Waals surface area contributed by atoms with Crippen LogP contribution in [-0.2, 0) is 0 Å². The largest absolute Gasteiger partial charge is 0.481 e. The van der Waals surface area contributed by atoms with Gasteiger partial charge in [-0.15, -0.1) is 0 Å². The van der Waals surface area contributed by atoms with Crippen LogP contribution in [0.1, 0.15) is 22.8 Å². The van der Waals surface area contributed by atoms with Gasteiger partial charge in [0.05, 0.1) is 19.0 Å². The van der Waals surface area contributed by atoms with Gasteiger partial charge in [0.25, 0.3) is 0 Å². The fourth-order valence-corrected chi connectivity index (χ4v) is 2.96. The number of hydrogen-bond donors (Lipinski definition) is 3. The molecule has 3 N–H and O–H groups in total. The fraction of sp³-hybridized carbons (Fsp3) is 0.150. The van der Waals surface area contributed by atoms with Gasteiger partial charge in [-0.25, -0.2) is 15.0 Å². The highest BCUT2D eigenvalue weighted by Gasteiger charge is 2.20. The molecule has 1 unspecified atom stereocenters. The maximum atomic E-state index is 14.6. The highest BCUT2D eigenvalue weighted by Crippen LogP contribution is 2.30. The Morgan fingerprint density at radius 1 is 1.14 bits per heavy atom. The highest BCUT2D eigenvalue weighted by molar-refractivity contribution is 5.81. The van der Waals surface area contributed by atoms with E-state index in [1.807, 2.05) is 13.0 Å². The number of hydrogen-bond acceptors (Lipinski definition) is 6. The first-order valence-corrected chi connectivity index (χ1v) is 8.60. The predicted octanol–water partition coefficient (Wildman–Crippen LogP) is 3.63. The Labute approximate surface area is 160 Å². The van der Waals surface area contributed by atoms with E-state index in [1.54, 1.807) is 36.8 Å². The van der Waals surface area contributed by atoms with Gasteiger partial charge >= 0.3 is 0 Å². The molecule has 0 bridgehead atoms. The van der Waals surface area contributed by atoms with Crippen LogP contribution < -0.4 is 10.1 Å². The van der Waals surface area contributed by atoms with Gasteiger partial charge in [-0.2, -0.15) is 4.39 Å². The normalized spacial score (nSPS) is 12.1. The molecule has 0 aliphatic heterocycles. The lowest BCUT2D eigenvalue weighted by atomic mass is 10.0. The van der Waals surface area contributed by atoms with Crippen LogP contribution >= 0.6 is 0 Å². The summed E-state index contributed by atoms with van der Waals surface area (Å²) in [5.41, 5.74) is 2.86. The lowest BCUT2D eigenvalue weighted by molar-refractivity contribution is 0.215. The Balaban J connectivity index is 1.60. The highest BCUT2D eigenvalue weighted by atomic mass is 19.1. The van der Waals surface area contributed by atoms with Crippen molar-refractivity contribution >= 4 is 22.5 Å². The van der Waals surface area contributed by atoms with E-state index in [4.69, 9.17) is 4.74 Å². The zero-order chi connectivity index (χ0) is 19.7. The molecule has 0 saturated heterocycles. The van der Waals surface area contributed by atoms with Crippen molar-refractivity contribution < 1.29 is 14.2 Å². The summed E-state index contributed by atoms with van der Waals surface area (Å²) in [6.45, 7) is 1.91. The second-order valence-electron chi connectivity index (χ2n) is 6.35. The molecule has 142 valence electrons. The van der Waals surface area contributed by atoms with E-state index in [0.717, 1.165) is 10.9 Å². The van der Waals surface area contributed by atoms with Crippen molar-refractivity contribution in [1.29, 1.82) is 0 Å². The average Bonchev–Trinajstić information content (AvgIpc) is 3.11. The fourth-order valence-electron chi connectivity index (χ4n) is 2.96. The van der Waals surface area contributed by atoms with Crippen molar-refractivity contribution in [3.63, 3.8) is 0 Å². The number of methoxy groups -OCH3 is 1. The second kappa shape index (κ2) is 7.24. The molecule has 1 atom stereocenters. The van der Waals surface area contributed by atoms with Gasteiger partial charge in [0.1, 0.15) is 17.6 Å². The molecule has 0 amide bonds. The summed E-state index contributed by atoms with van der Waals surface area (Å²) in [6, 6.07) is 8.44. The van der Waals surface area contributed by atoms with Crippen LogP contribution in [0.2, 0.25) is 0 Å². The Morgan fingerprint density at radius 2 is 2.00 bits per heavy atom. The van der Waals surface area contributed by atoms with Crippen molar-refractivity contribution in [2.75, 3.05) is 12.4 Å². The SMILES string of the molecule is COc1ccc(Nc2ccc(C(O)c3c[nH]c4ncc(C)cc34)c(F)n2)cn1. The molecule has 0 spiro atoms. The monoisotopic (exact) mass is 379 g/mol. The third-order valence-electron chi connectivity index (χ3n) is 4.38. The number of aliphatic hydroxyl groups excluding tert-OH is 1. The first-order valence-electron chi connectivity index (χ1n) is 8.60. The van der Waals surface area contributed by atoms with Crippen molar-refractivity contribution in [3.05, 3.63) is 71.6 Å². The minimum Gasteiger partial charge on any atom is -0.481 e. The van der Waals surface area contributed by atoms with Gasteiger partial charge in [0.2, 0.25) is 11.8 Å². The van der Waals surface area contributed by atoms with Gasteiger partial charge in [0, 0.05) is 35.0 Å². The molecule has 0 aromatic carbocycles. The maximum absolute atomic E-state index is 14.6. The molecular weight excluding hydrogens is 361 g/mol. The minimum atomic E-state index is -1.17. The lowest BCUT2D eigenvalue weighted by Crippen LogP contribution is -2.05. The molecule has 0 fully saturated rings. The molecule has 8 heteroatoms. The standard InChI is InChI=1S/C20H18FN5O2/c1-11-7-14-15(10-24-20(14)23-8-11)18(27)13-4-5-16(26-19(13)21)25-12-3-6-17(28-2)22-9-12/h3-10,18,27H,1-2H3,(H,23,24)(H,25,26). The zero-order valence-electron chi connectivity index (χ0n) is 15.3. The molecule has 0 saturated carbocycles. The Morgan fingerprint density at radius 3 is 2.71 bits per heavy atom. The molecule has 4 aromatic heterocycles. The van der Waals surface area contributed by atoms with Crippen LogP contribution in [0.15, 0.2) is 48.9 Å². The molecule has 0 radical (unpaired) electrons. The number of aliphatic hydroxyl groups is 1. The number of anilines is 2. The summed E-state index contributed by atoms with van der Waals surface area (Å²) < 4.78 is 19.6. The Hall–Kier alpha value is -3.52. The zero-order valence-corrected chi connectivity index (χ0v) is 15.3. The van der Waals surface area contributed by atoms with Gasteiger partial charge in [0.15, 0.2) is 0 Å². The number of aryl methyl sites for hydroxylation is 1. The third kappa shape index (κ3) is 3.37. The molecule has 7 nitrogen and oxygen atoms in total. The van der Waals surface area contributed by atoms with Crippen LogP contribution in [0.3, 0.4) is 0 Å². The molecule has 4 rings (SSSR count). The van der Waals surface area contributed by atoms with E-state index in [0.29, 0.717) is 28.6 Å². The molecule has 28 heavy (non-hydrogen) atoms. The van der Waals surface area contributed by atoms with Crippen LogP contribution in [0.5, 0.6) is 5.88 Å². The van der Waals surface area contributed by atoms with E-state index in [1.165, 1.54) is 13.2 Å². The smallest absolute Gasteiger partial charge is 0.220 e. The van der Waals surface area contributed by atoms with Crippen LogP contribution in [0, 0.1) is 12.9 Å². The summed E-state index contributed by atoms with van der Waals surface area (Å²) >= 11 is 0. The molecule has 0 aliphatic rings. The Kier molecular flexibility index (Phi) is 4.62. The van der Waals surface area contributed by atoms with Gasteiger partial charge in [-0.05, 0) is 36.8 Å². The van der Waals surface area contributed by atoms with Gasteiger partial charge in [-0.1, -0.05) is 0 Å². The van der Waals surface area contributed by atoms with Gasteiger partial charge < -0.3 is 20.1 Å². The van der Waals surface area contributed by atoms with E-state index in [-0.39, 0.29) is 5.56 Å². The molecular formula is C20H18FN5O2. The quantitative estimate of drug-likeness (QED) is 0.458. The second-order valence-corrected chi connectivity index (χ2v) is 6.35. The van der Waals surface area contributed by atoms with E-state index < -0.39 is 12.1 Å². The summed E-state index contributed by atoms with van der Waals surface area (Å²) in [5.74, 6) is 0.0254. The predicted molar refractivity (Wildman–Crippen MR) is 103 cm³/mol. The molecule has 0 aliphatic carbocycles. The van der Waals surface area contributed by atoms with Crippen LogP contribution in [0.4, 0.5) is 15.9 Å². The van der Waals surface area contributed by atoms with E-state index >= 15 is 0 Å². The summed E-state index contributed by atoms with van der Waals surface area (Å²) in [7, 11) is 1.53. The number of pyridine rings is 3. The summed E-state index contributed by atoms with van der Waals surface area (Å²) in [6.07, 6.45) is 3.76. The molecule has 4 aromatic rings. The number of rotatable bonds is 5. The third-order valence-corrected chi connectivity index (χ3v) is 4.38. The minimum absolute atomic E-state index is 0.0841. The van der Waals surface area contributed by atoms with Crippen molar-refractivity contribution in [3.8, 4) is 5.88 Å². The van der Waals surface area contributed by atoms with Crippen molar-refractivity contribution in [2.45, 2.75) is 13.0 Å². The van der Waals surface area contributed by atoms with Gasteiger partial charge in [-0.3, -0.25) is 0 Å². The number of nitrogens with zero attached hydrogens (tertiary/aromatic N) is 3. The van der Waals surface area contributed by atoms with E-state index in [2.05, 4.69) is 25.3 Å². The topological polar surface area (TPSA) is 95.9 Å². The van der Waals surface area contributed by atoms with Crippen molar-refractivity contribution in [1.82, 2.24) is 19.9 Å². The Bertz CT molecular complexity index is 1130.